The highest BCUT2D eigenvalue weighted by Gasteiger charge is 2.24. The van der Waals surface area contributed by atoms with Crippen molar-refractivity contribution >= 4 is 34.8 Å². The van der Waals surface area contributed by atoms with E-state index in [0.29, 0.717) is 15.6 Å². The number of benzene rings is 1. The van der Waals surface area contributed by atoms with Gasteiger partial charge in [-0.3, -0.25) is 9.59 Å². The molecule has 0 bridgehead atoms. The molecule has 1 aromatic heterocycles. The molecule has 1 N–H and O–H groups in total. The molecule has 0 spiro atoms. The second kappa shape index (κ2) is 7.77. The lowest BCUT2D eigenvalue weighted by atomic mass is 10.2. The van der Waals surface area contributed by atoms with E-state index in [4.69, 9.17) is 16.7 Å². The van der Waals surface area contributed by atoms with Gasteiger partial charge in [-0.1, -0.05) is 23.7 Å². The molecule has 1 heterocycles. The van der Waals surface area contributed by atoms with Crippen molar-refractivity contribution in [2.24, 2.45) is 0 Å². The lowest BCUT2D eigenvalue weighted by molar-refractivity contribution is -0.137. The van der Waals surface area contributed by atoms with Crippen LogP contribution >= 0.6 is 22.9 Å². The Morgan fingerprint density at radius 3 is 2.46 bits per heavy atom. The van der Waals surface area contributed by atoms with Crippen molar-refractivity contribution in [3.63, 3.8) is 0 Å². The van der Waals surface area contributed by atoms with Crippen LogP contribution in [0.5, 0.6) is 0 Å². The van der Waals surface area contributed by atoms with Gasteiger partial charge < -0.3 is 10.0 Å². The third kappa shape index (κ3) is 4.33. The highest BCUT2D eigenvalue weighted by atomic mass is 35.5. The normalized spacial score (nSPS) is 10.9. The average molecular weight is 367 g/mol. The third-order valence-corrected chi connectivity index (χ3v) is 4.98. The molecule has 1 amide bonds. The molecule has 24 heavy (non-hydrogen) atoms. The molecule has 7 heteroatoms. The summed E-state index contributed by atoms with van der Waals surface area (Å²) < 4.78 is 0. The first-order valence-corrected chi connectivity index (χ1v) is 8.75. The molecule has 0 aliphatic carbocycles. The van der Waals surface area contributed by atoms with Crippen LogP contribution in [0.2, 0.25) is 5.02 Å². The molecule has 2 rings (SSSR count). The van der Waals surface area contributed by atoms with E-state index < -0.39 is 5.97 Å². The molecule has 2 aromatic rings. The van der Waals surface area contributed by atoms with E-state index >= 15 is 0 Å². The molecule has 0 atom stereocenters. The number of halogens is 1. The summed E-state index contributed by atoms with van der Waals surface area (Å²) in [5.74, 6) is -1.10. The Hall–Kier alpha value is -1.92. The zero-order chi connectivity index (χ0) is 17.9. The number of carboxylic acids is 1. The van der Waals surface area contributed by atoms with Gasteiger partial charge in [-0.15, -0.1) is 11.3 Å². The number of carboxylic acid groups (broad SMARTS) is 1. The highest BCUT2D eigenvalue weighted by molar-refractivity contribution is 7.17. The first-order valence-electron chi connectivity index (χ1n) is 7.55. The van der Waals surface area contributed by atoms with Gasteiger partial charge in [-0.05, 0) is 32.9 Å². The van der Waals surface area contributed by atoms with Crippen LogP contribution in [0.4, 0.5) is 0 Å². The number of carbonyl (C=O) groups excluding carboxylic acids is 1. The molecule has 1 aromatic carbocycles. The molecule has 128 valence electrons. The van der Waals surface area contributed by atoms with E-state index in [9.17, 15) is 9.59 Å². The number of aryl methyl sites for hydroxylation is 1. The van der Waals surface area contributed by atoms with Gasteiger partial charge in [-0.25, -0.2) is 4.98 Å². The molecule has 0 saturated carbocycles. The zero-order valence-corrected chi connectivity index (χ0v) is 15.3. The third-order valence-electron chi connectivity index (χ3n) is 3.53. The maximum atomic E-state index is 12.8. The van der Waals surface area contributed by atoms with Gasteiger partial charge >= 0.3 is 5.97 Å². The number of hydrogen-bond donors (Lipinski definition) is 1. The molecule has 0 saturated heterocycles. The minimum atomic E-state index is -0.920. The van der Waals surface area contributed by atoms with Gasteiger partial charge in [0, 0.05) is 23.2 Å². The summed E-state index contributed by atoms with van der Waals surface area (Å²) in [6.45, 7) is 5.71. The molecular formula is C17H19ClN2O3S. The molecule has 0 fully saturated rings. The molecule has 0 aliphatic rings. The Kier molecular flexibility index (Phi) is 5.96. The van der Waals surface area contributed by atoms with Crippen molar-refractivity contribution in [1.29, 1.82) is 0 Å². The van der Waals surface area contributed by atoms with E-state index in [0.717, 1.165) is 10.6 Å². The van der Waals surface area contributed by atoms with E-state index in [-0.39, 0.29) is 24.9 Å². The van der Waals surface area contributed by atoms with Gasteiger partial charge in [-0.2, -0.15) is 0 Å². The van der Waals surface area contributed by atoms with Crippen molar-refractivity contribution in [3.8, 4) is 10.6 Å². The second-order valence-corrected chi connectivity index (χ2v) is 7.11. The first kappa shape index (κ1) is 18.4. The first-order chi connectivity index (χ1) is 11.3. The molecule has 5 nitrogen and oxygen atoms in total. The summed E-state index contributed by atoms with van der Waals surface area (Å²) in [5, 5.41) is 10.3. The van der Waals surface area contributed by atoms with Crippen molar-refractivity contribution in [2.45, 2.75) is 33.2 Å². The maximum absolute atomic E-state index is 12.8. The largest absolute Gasteiger partial charge is 0.481 e. The fourth-order valence-electron chi connectivity index (χ4n) is 2.25. The highest BCUT2D eigenvalue weighted by Crippen LogP contribution is 2.30. The van der Waals surface area contributed by atoms with Gasteiger partial charge in [0.25, 0.3) is 5.91 Å². The number of thiazole rings is 1. The summed E-state index contributed by atoms with van der Waals surface area (Å²) >= 11 is 7.21. The van der Waals surface area contributed by atoms with Crippen molar-refractivity contribution < 1.29 is 14.7 Å². The number of rotatable bonds is 6. The Bertz CT molecular complexity index is 741. The monoisotopic (exact) mass is 366 g/mol. The lowest BCUT2D eigenvalue weighted by Gasteiger charge is -2.25. The van der Waals surface area contributed by atoms with Gasteiger partial charge in [0.15, 0.2) is 0 Å². The van der Waals surface area contributed by atoms with Crippen LogP contribution in [-0.2, 0) is 4.79 Å². The van der Waals surface area contributed by atoms with Crippen molar-refractivity contribution in [3.05, 3.63) is 39.9 Å². The van der Waals surface area contributed by atoms with Crippen molar-refractivity contribution in [1.82, 2.24) is 9.88 Å². The van der Waals surface area contributed by atoms with Crippen LogP contribution in [0.3, 0.4) is 0 Å². The summed E-state index contributed by atoms with van der Waals surface area (Å²) in [5.41, 5.74) is 1.55. The summed E-state index contributed by atoms with van der Waals surface area (Å²) in [6, 6.07) is 7.20. The quantitative estimate of drug-likeness (QED) is 0.835. The number of amides is 1. The Balaban J connectivity index is 2.28. The number of carbonyl (C=O) groups is 2. The molecule has 0 aliphatic heterocycles. The smallest absolute Gasteiger partial charge is 0.305 e. The molecule has 0 radical (unpaired) electrons. The Morgan fingerprint density at radius 1 is 1.29 bits per heavy atom. The average Bonchev–Trinajstić information content (AvgIpc) is 2.89. The van der Waals surface area contributed by atoms with Crippen LogP contribution in [-0.4, -0.2) is 39.5 Å². The maximum Gasteiger partial charge on any atom is 0.305 e. The summed E-state index contributed by atoms with van der Waals surface area (Å²) in [6.07, 6.45) is -0.0776. The van der Waals surface area contributed by atoms with Crippen LogP contribution in [0.25, 0.3) is 10.6 Å². The predicted molar refractivity (Wildman–Crippen MR) is 95.7 cm³/mol. The van der Waals surface area contributed by atoms with Crippen LogP contribution in [0, 0.1) is 6.92 Å². The predicted octanol–water partition coefficient (Wildman–Crippen LogP) is 4.10. The van der Waals surface area contributed by atoms with E-state index in [1.54, 1.807) is 24.0 Å². The molecular weight excluding hydrogens is 348 g/mol. The van der Waals surface area contributed by atoms with Crippen molar-refractivity contribution in [2.75, 3.05) is 6.54 Å². The second-order valence-electron chi connectivity index (χ2n) is 5.68. The Morgan fingerprint density at radius 2 is 1.92 bits per heavy atom. The van der Waals surface area contributed by atoms with E-state index in [1.807, 2.05) is 26.0 Å². The van der Waals surface area contributed by atoms with Crippen LogP contribution in [0.1, 0.15) is 35.6 Å². The van der Waals surface area contributed by atoms with Crippen LogP contribution in [0.15, 0.2) is 24.3 Å². The van der Waals surface area contributed by atoms with Gasteiger partial charge in [0.05, 0.1) is 12.1 Å². The van der Waals surface area contributed by atoms with E-state index in [1.165, 1.54) is 11.3 Å². The van der Waals surface area contributed by atoms with Gasteiger partial charge in [0.1, 0.15) is 9.88 Å². The summed E-state index contributed by atoms with van der Waals surface area (Å²) in [7, 11) is 0. The molecule has 0 unspecified atom stereocenters. The lowest BCUT2D eigenvalue weighted by Crippen LogP contribution is -2.38. The zero-order valence-electron chi connectivity index (χ0n) is 13.7. The standard InChI is InChI=1S/C17H19ClN2O3S/c1-10(2)20(9-8-14(21)22)17(23)15-11(3)19-16(24-15)12-4-6-13(18)7-5-12/h4-7,10H,8-9H2,1-3H3,(H,21,22). The number of nitrogens with zero attached hydrogens (tertiary/aromatic N) is 2. The topological polar surface area (TPSA) is 70.5 Å². The fraction of sp³-hybridized carbons (Fsp3) is 0.353. The number of aromatic nitrogens is 1. The van der Waals surface area contributed by atoms with Gasteiger partial charge in [0.2, 0.25) is 0 Å². The SMILES string of the molecule is Cc1nc(-c2ccc(Cl)cc2)sc1C(=O)N(CCC(=O)O)C(C)C. The fourth-order valence-corrected chi connectivity index (χ4v) is 3.41. The minimum absolute atomic E-state index is 0.0776. The number of hydrogen-bond acceptors (Lipinski definition) is 4. The summed E-state index contributed by atoms with van der Waals surface area (Å²) in [4.78, 5) is 30.2. The Labute approximate surface area is 149 Å². The van der Waals surface area contributed by atoms with E-state index in [2.05, 4.69) is 4.98 Å². The minimum Gasteiger partial charge on any atom is -0.481 e. The van der Waals surface area contributed by atoms with Crippen LogP contribution < -0.4 is 0 Å². The number of aliphatic carboxylic acids is 1.